The predicted molar refractivity (Wildman–Crippen MR) is 114 cm³/mol. The molecule has 29 heavy (non-hydrogen) atoms. The van der Waals surface area contributed by atoms with E-state index in [1.54, 1.807) is 25.4 Å². The van der Waals surface area contributed by atoms with Crippen molar-refractivity contribution < 1.29 is 9.13 Å². The monoisotopic (exact) mass is 386 g/mol. The van der Waals surface area contributed by atoms with Crippen molar-refractivity contribution in [2.75, 3.05) is 12.4 Å². The van der Waals surface area contributed by atoms with E-state index in [4.69, 9.17) is 4.74 Å². The normalized spacial score (nSPS) is 11.3. The van der Waals surface area contributed by atoms with E-state index in [-0.39, 0.29) is 5.82 Å². The van der Waals surface area contributed by atoms with Crippen LogP contribution in [-0.4, -0.2) is 21.6 Å². The van der Waals surface area contributed by atoms with Gasteiger partial charge in [-0.15, -0.1) is 0 Å². The summed E-state index contributed by atoms with van der Waals surface area (Å²) in [6.45, 7) is 0. The van der Waals surface area contributed by atoms with Crippen molar-refractivity contribution in [3.8, 4) is 17.0 Å². The summed E-state index contributed by atoms with van der Waals surface area (Å²) in [7, 11) is 3.70. The molecule has 0 unspecified atom stereocenters. The number of hydrogen-bond donors (Lipinski definition) is 2. The van der Waals surface area contributed by atoms with Gasteiger partial charge in [0, 0.05) is 52.7 Å². The van der Waals surface area contributed by atoms with Crippen LogP contribution in [0.2, 0.25) is 0 Å². The number of pyridine rings is 1. The molecule has 0 fully saturated rings. The molecule has 2 aromatic carbocycles. The van der Waals surface area contributed by atoms with Crippen LogP contribution in [0.5, 0.6) is 5.75 Å². The molecule has 3 aromatic heterocycles. The Labute approximate surface area is 166 Å². The number of benzene rings is 2. The quantitative estimate of drug-likeness (QED) is 0.422. The van der Waals surface area contributed by atoms with E-state index in [9.17, 15) is 4.39 Å². The smallest absolute Gasteiger partial charge is 0.139 e. The van der Waals surface area contributed by atoms with Crippen LogP contribution in [0.25, 0.3) is 33.2 Å². The van der Waals surface area contributed by atoms with Gasteiger partial charge in [-0.2, -0.15) is 0 Å². The number of H-pyrrole nitrogens is 1. The van der Waals surface area contributed by atoms with Crippen LogP contribution in [-0.2, 0) is 7.05 Å². The van der Waals surface area contributed by atoms with Crippen LogP contribution in [0.1, 0.15) is 0 Å². The lowest BCUT2D eigenvalue weighted by Crippen LogP contribution is -1.91. The van der Waals surface area contributed by atoms with Crippen molar-refractivity contribution in [1.82, 2.24) is 14.5 Å². The molecule has 0 saturated carbocycles. The van der Waals surface area contributed by atoms with Gasteiger partial charge in [-0.25, -0.2) is 9.37 Å². The molecule has 5 rings (SSSR count). The highest BCUT2D eigenvalue weighted by atomic mass is 19.1. The third kappa shape index (κ3) is 2.99. The zero-order chi connectivity index (χ0) is 20.0. The van der Waals surface area contributed by atoms with Crippen LogP contribution in [0, 0.1) is 5.82 Å². The zero-order valence-corrected chi connectivity index (χ0v) is 16.0. The van der Waals surface area contributed by atoms with E-state index >= 15 is 0 Å². The molecule has 0 aliphatic carbocycles. The maximum absolute atomic E-state index is 13.2. The Morgan fingerprint density at radius 1 is 1.03 bits per heavy atom. The zero-order valence-electron chi connectivity index (χ0n) is 16.0. The van der Waals surface area contributed by atoms with Gasteiger partial charge in [0.25, 0.3) is 0 Å². The minimum Gasteiger partial charge on any atom is -0.497 e. The van der Waals surface area contributed by atoms with Gasteiger partial charge in [-0.05, 0) is 54.6 Å². The molecule has 5 aromatic rings. The first-order valence-electron chi connectivity index (χ1n) is 9.26. The number of fused-ring (bicyclic) bond motifs is 2. The average Bonchev–Trinajstić information content (AvgIpc) is 3.31. The topological polar surface area (TPSA) is 54.9 Å². The van der Waals surface area contributed by atoms with E-state index in [1.807, 2.05) is 25.2 Å². The van der Waals surface area contributed by atoms with Gasteiger partial charge < -0.3 is 19.6 Å². The number of halogens is 1. The molecule has 0 amide bonds. The lowest BCUT2D eigenvalue weighted by molar-refractivity contribution is 0.415. The number of rotatable bonds is 4. The van der Waals surface area contributed by atoms with Gasteiger partial charge in [0.1, 0.15) is 17.2 Å². The van der Waals surface area contributed by atoms with Crippen LogP contribution < -0.4 is 10.1 Å². The molecule has 144 valence electrons. The number of nitrogens with one attached hydrogen (secondary N) is 2. The molecule has 0 saturated heterocycles. The second-order valence-electron chi connectivity index (χ2n) is 6.97. The number of aryl methyl sites for hydroxylation is 1. The number of ether oxygens (including phenoxy) is 1. The first kappa shape index (κ1) is 17.3. The largest absolute Gasteiger partial charge is 0.497 e. The van der Waals surface area contributed by atoms with Gasteiger partial charge >= 0.3 is 0 Å². The highest BCUT2D eigenvalue weighted by molar-refractivity contribution is 6.01. The van der Waals surface area contributed by atoms with E-state index in [0.29, 0.717) is 0 Å². The summed E-state index contributed by atoms with van der Waals surface area (Å²) in [6, 6.07) is 16.4. The lowest BCUT2D eigenvalue weighted by Gasteiger charge is -2.07. The first-order chi connectivity index (χ1) is 14.1. The molecule has 0 spiro atoms. The predicted octanol–water partition coefficient (Wildman–Crippen LogP) is 5.61. The summed E-state index contributed by atoms with van der Waals surface area (Å²) < 4.78 is 20.7. The van der Waals surface area contributed by atoms with Crippen molar-refractivity contribution in [2.24, 2.45) is 7.05 Å². The third-order valence-corrected chi connectivity index (χ3v) is 5.14. The van der Waals surface area contributed by atoms with Crippen molar-refractivity contribution >= 4 is 33.3 Å². The molecule has 3 heterocycles. The summed E-state index contributed by atoms with van der Waals surface area (Å²) in [6.07, 6.45) is 3.85. The maximum Gasteiger partial charge on any atom is 0.139 e. The molecular weight excluding hydrogens is 367 g/mol. The Balaban J connectivity index is 1.62. The summed E-state index contributed by atoms with van der Waals surface area (Å²) >= 11 is 0. The third-order valence-electron chi connectivity index (χ3n) is 5.14. The van der Waals surface area contributed by atoms with Crippen molar-refractivity contribution in [3.63, 3.8) is 0 Å². The van der Waals surface area contributed by atoms with E-state index < -0.39 is 0 Å². The molecule has 0 atom stereocenters. The molecular formula is C23H19FN4O. The summed E-state index contributed by atoms with van der Waals surface area (Å²) in [5.41, 5.74) is 5.68. The molecule has 5 nitrogen and oxygen atoms in total. The van der Waals surface area contributed by atoms with Gasteiger partial charge in [0.15, 0.2) is 0 Å². The summed E-state index contributed by atoms with van der Waals surface area (Å²) in [4.78, 5) is 7.90. The van der Waals surface area contributed by atoms with E-state index in [0.717, 1.165) is 50.3 Å². The Bertz CT molecular complexity index is 1330. The number of hydrogen-bond acceptors (Lipinski definition) is 3. The fourth-order valence-electron chi connectivity index (χ4n) is 3.68. The van der Waals surface area contributed by atoms with Crippen LogP contribution in [0.4, 0.5) is 15.8 Å². The molecule has 0 aliphatic rings. The van der Waals surface area contributed by atoms with E-state index in [2.05, 4.69) is 38.2 Å². The van der Waals surface area contributed by atoms with Gasteiger partial charge in [0.05, 0.1) is 12.8 Å². The highest BCUT2D eigenvalue weighted by Crippen LogP contribution is 2.35. The van der Waals surface area contributed by atoms with Gasteiger partial charge in [0.2, 0.25) is 0 Å². The molecule has 6 heteroatoms. The summed E-state index contributed by atoms with van der Waals surface area (Å²) in [5.74, 6) is 0.559. The fourth-order valence-corrected chi connectivity index (χ4v) is 3.68. The minimum atomic E-state index is -0.259. The second-order valence-corrected chi connectivity index (χ2v) is 6.97. The Kier molecular flexibility index (Phi) is 3.98. The second kappa shape index (κ2) is 6.67. The van der Waals surface area contributed by atoms with Crippen LogP contribution >= 0.6 is 0 Å². The standard InChI is InChI=1S/C23H19FN4O/c1-28-13-19(17-11-16(29-2)7-8-22(17)28)21-12-18-20(9-10-25-23(18)27-21)26-15-5-3-14(24)4-6-15/h3-13H,1-2H3,(H2,25,26,27). The maximum atomic E-state index is 13.2. The van der Waals surface area contributed by atoms with Crippen molar-refractivity contribution in [2.45, 2.75) is 0 Å². The highest BCUT2D eigenvalue weighted by Gasteiger charge is 2.14. The van der Waals surface area contributed by atoms with Crippen LogP contribution in [0.15, 0.2) is 67.0 Å². The molecule has 0 bridgehead atoms. The number of anilines is 2. The summed E-state index contributed by atoms with van der Waals surface area (Å²) in [5, 5.41) is 5.42. The number of aromatic amines is 1. The molecule has 2 N–H and O–H groups in total. The number of methoxy groups -OCH3 is 1. The van der Waals surface area contributed by atoms with Crippen LogP contribution in [0.3, 0.4) is 0 Å². The van der Waals surface area contributed by atoms with Crippen molar-refractivity contribution in [3.05, 3.63) is 72.8 Å². The fraction of sp³-hybridized carbons (Fsp3) is 0.0870. The Hall–Kier alpha value is -3.80. The van der Waals surface area contributed by atoms with Gasteiger partial charge in [-0.3, -0.25) is 0 Å². The van der Waals surface area contributed by atoms with Crippen molar-refractivity contribution in [1.29, 1.82) is 0 Å². The number of aromatic nitrogens is 3. The average molecular weight is 386 g/mol. The Morgan fingerprint density at radius 2 is 1.86 bits per heavy atom. The SMILES string of the molecule is COc1ccc2c(c1)c(-c1cc3c(Nc4ccc(F)cc4)ccnc3[nH]1)cn2C. The lowest BCUT2D eigenvalue weighted by atomic mass is 10.1. The molecule has 0 radical (unpaired) electrons. The molecule has 0 aliphatic heterocycles. The Morgan fingerprint density at radius 3 is 2.66 bits per heavy atom. The minimum absolute atomic E-state index is 0.259. The van der Waals surface area contributed by atoms with Gasteiger partial charge in [-0.1, -0.05) is 0 Å². The number of nitrogens with zero attached hydrogens (tertiary/aromatic N) is 2. The van der Waals surface area contributed by atoms with E-state index in [1.165, 1.54) is 12.1 Å². The first-order valence-corrected chi connectivity index (χ1v) is 9.26.